The van der Waals surface area contributed by atoms with E-state index < -0.39 is 5.97 Å². The van der Waals surface area contributed by atoms with Crippen LogP contribution in [0.5, 0.6) is 5.75 Å². The number of hydrogen-bond donors (Lipinski definition) is 0. The summed E-state index contributed by atoms with van der Waals surface area (Å²) < 4.78 is 5.61. The number of hydrogen-bond acceptors (Lipinski definition) is 4. The number of carbonyl (C=O) groups excluding carboxylic acids is 2. The van der Waals surface area contributed by atoms with Gasteiger partial charge in [0.15, 0.2) is 0 Å². The van der Waals surface area contributed by atoms with Crippen molar-refractivity contribution in [1.82, 2.24) is 0 Å². The van der Waals surface area contributed by atoms with Gasteiger partial charge in [0.1, 0.15) is 5.75 Å². The smallest absolute Gasteiger partial charge is 0.343 e. The van der Waals surface area contributed by atoms with Crippen LogP contribution in [0.3, 0.4) is 0 Å². The molecule has 1 aliphatic heterocycles. The molecule has 4 heteroatoms. The average molecular weight is 372 g/mol. The van der Waals surface area contributed by atoms with E-state index in [4.69, 9.17) is 4.74 Å². The fourth-order valence-corrected chi connectivity index (χ4v) is 3.93. The molecule has 0 aliphatic carbocycles. The van der Waals surface area contributed by atoms with Crippen molar-refractivity contribution < 1.29 is 14.3 Å². The van der Waals surface area contributed by atoms with Crippen LogP contribution < -0.4 is 4.74 Å². The van der Waals surface area contributed by atoms with Gasteiger partial charge >= 0.3 is 5.97 Å². The molecule has 1 heterocycles. The molecular weight excluding hydrogens is 356 g/mol. The van der Waals surface area contributed by atoms with Gasteiger partial charge < -0.3 is 4.74 Å². The number of aryl methyl sites for hydroxylation is 1. The molecule has 27 heavy (non-hydrogen) atoms. The van der Waals surface area contributed by atoms with Crippen molar-refractivity contribution >= 4 is 29.6 Å². The van der Waals surface area contributed by atoms with Gasteiger partial charge in [0.05, 0.1) is 10.5 Å². The van der Waals surface area contributed by atoms with Crippen molar-refractivity contribution in [2.45, 2.75) is 11.8 Å². The van der Waals surface area contributed by atoms with E-state index in [0.29, 0.717) is 27.3 Å². The van der Waals surface area contributed by atoms with E-state index in [9.17, 15) is 9.59 Å². The van der Waals surface area contributed by atoms with Crippen LogP contribution in [0.2, 0.25) is 0 Å². The molecule has 0 atom stereocenters. The van der Waals surface area contributed by atoms with Crippen molar-refractivity contribution in [2.75, 3.05) is 0 Å². The first kappa shape index (κ1) is 17.3. The van der Waals surface area contributed by atoms with Gasteiger partial charge in [-0.2, -0.15) is 0 Å². The molecule has 0 amide bonds. The van der Waals surface area contributed by atoms with Crippen molar-refractivity contribution in [3.8, 4) is 5.75 Å². The number of rotatable bonds is 3. The van der Waals surface area contributed by atoms with E-state index in [-0.39, 0.29) is 5.78 Å². The lowest BCUT2D eigenvalue weighted by molar-refractivity contribution is 0.0734. The topological polar surface area (TPSA) is 43.4 Å². The summed E-state index contributed by atoms with van der Waals surface area (Å²) >= 11 is 1.44. The Labute approximate surface area is 161 Å². The number of allylic oxidation sites excluding steroid dienone is 1. The Bertz CT molecular complexity index is 1070. The van der Waals surface area contributed by atoms with Gasteiger partial charge in [0.2, 0.25) is 5.78 Å². The van der Waals surface area contributed by atoms with Crippen molar-refractivity contribution in [3.63, 3.8) is 0 Å². The van der Waals surface area contributed by atoms with Crippen LogP contribution >= 0.6 is 11.8 Å². The standard InChI is InChI=1S/C23H16O3S/c1-15-11-12-19(26-23(25)16-7-3-2-4-8-16)17(13-15)14-21-22(24)18-9-5-6-10-20(18)27-21/h2-14H,1H3/b21-14-. The highest BCUT2D eigenvalue weighted by atomic mass is 32.2. The Hall–Kier alpha value is -3.11. The SMILES string of the molecule is Cc1ccc(OC(=O)c2ccccc2)c(/C=C2\Sc3ccccc3C2=O)c1. The zero-order valence-corrected chi connectivity index (χ0v) is 15.5. The molecule has 0 aromatic heterocycles. The number of Topliss-reactive ketones (excluding diaryl/α,β-unsaturated/α-hetero) is 1. The zero-order chi connectivity index (χ0) is 18.8. The highest BCUT2D eigenvalue weighted by Crippen LogP contribution is 2.41. The highest BCUT2D eigenvalue weighted by Gasteiger charge is 2.25. The largest absolute Gasteiger partial charge is 0.422 e. The summed E-state index contributed by atoms with van der Waals surface area (Å²) in [5.74, 6) is 0.0107. The quantitative estimate of drug-likeness (QED) is 0.344. The first-order chi connectivity index (χ1) is 13.1. The molecule has 132 valence electrons. The normalized spacial score (nSPS) is 14.3. The van der Waals surface area contributed by atoms with Crippen LogP contribution in [0.15, 0.2) is 82.6 Å². The van der Waals surface area contributed by atoms with Crippen LogP contribution in [-0.4, -0.2) is 11.8 Å². The molecule has 0 unspecified atom stereocenters. The van der Waals surface area contributed by atoms with Gasteiger partial charge in [-0.25, -0.2) is 4.79 Å². The summed E-state index contributed by atoms with van der Waals surface area (Å²) in [7, 11) is 0. The number of ketones is 1. The summed E-state index contributed by atoms with van der Waals surface area (Å²) in [5, 5.41) is 0. The lowest BCUT2D eigenvalue weighted by Gasteiger charge is -2.09. The van der Waals surface area contributed by atoms with Gasteiger partial charge in [0.25, 0.3) is 0 Å². The van der Waals surface area contributed by atoms with Gasteiger partial charge in [-0.15, -0.1) is 0 Å². The maximum Gasteiger partial charge on any atom is 0.343 e. The molecule has 0 saturated heterocycles. The lowest BCUT2D eigenvalue weighted by Crippen LogP contribution is -2.09. The van der Waals surface area contributed by atoms with Gasteiger partial charge in [-0.3, -0.25) is 4.79 Å². The summed E-state index contributed by atoms with van der Waals surface area (Å²) in [4.78, 5) is 26.6. The van der Waals surface area contributed by atoms with Crippen LogP contribution in [-0.2, 0) is 0 Å². The van der Waals surface area contributed by atoms with Crippen LogP contribution in [0.4, 0.5) is 0 Å². The maximum atomic E-state index is 12.6. The number of thioether (sulfide) groups is 1. The minimum atomic E-state index is -0.423. The molecule has 0 saturated carbocycles. The Balaban J connectivity index is 1.67. The minimum absolute atomic E-state index is 0.00237. The number of benzene rings is 3. The maximum absolute atomic E-state index is 12.6. The molecule has 0 N–H and O–H groups in total. The lowest BCUT2D eigenvalue weighted by atomic mass is 10.1. The summed E-state index contributed by atoms with van der Waals surface area (Å²) in [6.07, 6.45) is 1.80. The first-order valence-electron chi connectivity index (χ1n) is 8.53. The number of esters is 1. The second kappa shape index (κ2) is 7.25. The molecule has 0 radical (unpaired) electrons. The van der Waals surface area contributed by atoms with E-state index in [1.165, 1.54) is 11.8 Å². The van der Waals surface area contributed by atoms with E-state index in [1.54, 1.807) is 36.4 Å². The molecule has 0 spiro atoms. The Kier molecular flexibility index (Phi) is 4.65. The average Bonchev–Trinajstić information content (AvgIpc) is 3.00. The fraction of sp³-hybridized carbons (Fsp3) is 0.0435. The molecule has 3 nitrogen and oxygen atoms in total. The van der Waals surface area contributed by atoms with Gasteiger partial charge in [0, 0.05) is 16.0 Å². The Morgan fingerprint density at radius 3 is 2.48 bits per heavy atom. The summed E-state index contributed by atoms with van der Waals surface area (Å²) in [5.41, 5.74) is 2.93. The molecular formula is C23H16O3S. The van der Waals surface area contributed by atoms with E-state index in [2.05, 4.69) is 0 Å². The third-order valence-corrected chi connectivity index (χ3v) is 5.34. The van der Waals surface area contributed by atoms with E-state index in [0.717, 1.165) is 10.5 Å². The second-order valence-corrected chi connectivity index (χ2v) is 7.32. The van der Waals surface area contributed by atoms with Crippen LogP contribution in [0.1, 0.15) is 31.8 Å². The van der Waals surface area contributed by atoms with Gasteiger partial charge in [-0.05, 0) is 49.4 Å². The summed E-state index contributed by atoms with van der Waals surface area (Å²) in [6.45, 7) is 1.96. The van der Waals surface area contributed by atoms with E-state index in [1.807, 2.05) is 49.4 Å². The minimum Gasteiger partial charge on any atom is -0.422 e. The van der Waals surface area contributed by atoms with Crippen molar-refractivity contribution in [1.29, 1.82) is 0 Å². The monoisotopic (exact) mass is 372 g/mol. The molecule has 1 aliphatic rings. The van der Waals surface area contributed by atoms with Crippen molar-refractivity contribution in [2.24, 2.45) is 0 Å². The molecule has 3 aromatic carbocycles. The number of fused-ring (bicyclic) bond motifs is 1. The highest BCUT2D eigenvalue weighted by molar-refractivity contribution is 8.04. The molecule has 3 aromatic rings. The third kappa shape index (κ3) is 3.57. The fourth-order valence-electron chi connectivity index (χ4n) is 2.88. The van der Waals surface area contributed by atoms with Gasteiger partial charge in [-0.1, -0.05) is 53.7 Å². The van der Waals surface area contributed by atoms with E-state index >= 15 is 0 Å². The Morgan fingerprint density at radius 1 is 0.963 bits per heavy atom. The zero-order valence-electron chi connectivity index (χ0n) is 14.6. The summed E-state index contributed by atoms with van der Waals surface area (Å²) in [6, 6.07) is 22.0. The predicted octanol–water partition coefficient (Wildman–Crippen LogP) is 5.54. The molecule has 4 rings (SSSR count). The molecule has 0 fully saturated rings. The van der Waals surface area contributed by atoms with Crippen LogP contribution in [0.25, 0.3) is 6.08 Å². The predicted molar refractivity (Wildman–Crippen MR) is 107 cm³/mol. The first-order valence-corrected chi connectivity index (χ1v) is 9.34. The molecule has 0 bridgehead atoms. The Morgan fingerprint density at radius 2 is 1.70 bits per heavy atom. The van der Waals surface area contributed by atoms with Crippen molar-refractivity contribution in [3.05, 3.63) is 100.0 Å². The third-order valence-electron chi connectivity index (χ3n) is 4.24. The van der Waals surface area contributed by atoms with Crippen LogP contribution in [0, 0.1) is 6.92 Å². The number of ether oxygens (including phenoxy) is 1. The second-order valence-electron chi connectivity index (χ2n) is 6.23. The number of carbonyl (C=O) groups is 2.